The van der Waals surface area contributed by atoms with Gasteiger partial charge in [0.25, 0.3) is 0 Å². The highest BCUT2D eigenvalue weighted by Gasteiger charge is 2.10. The van der Waals surface area contributed by atoms with Gasteiger partial charge in [-0.2, -0.15) is 0 Å². The number of aryl methyl sites for hydroxylation is 2. The van der Waals surface area contributed by atoms with E-state index in [1.807, 2.05) is 57.2 Å². The number of para-hydroxylation sites is 1. The number of carbonyl (C=O) groups is 1. The molecule has 2 N–H and O–H groups in total. The smallest absolute Gasteiger partial charge is 0.225 e. The summed E-state index contributed by atoms with van der Waals surface area (Å²) in [7, 11) is 0. The zero-order valence-electron chi connectivity index (χ0n) is 12.8. The number of anilines is 1. The monoisotopic (exact) mass is 286 g/mol. The molecule has 0 aliphatic rings. The van der Waals surface area contributed by atoms with Gasteiger partial charge in [0.2, 0.25) is 5.91 Å². The minimum absolute atomic E-state index is 0.0135. The van der Waals surface area contributed by atoms with Crippen LogP contribution in [-0.4, -0.2) is 12.5 Å². The summed E-state index contributed by atoms with van der Waals surface area (Å²) in [5, 5.41) is 6.21. The van der Waals surface area contributed by atoms with Gasteiger partial charge >= 0.3 is 0 Å². The molecule has 0 aliphatic carbocycles. The first kappa shape index (κ1) is 15.3. The van der Waals surface area contributed by atoms with Crippen molar-refractivity contribution in [1.29, 1.82) is 0 Å². The maximum absolute atomic E-state index is 11.9. The molecular weight excluding hydrogens is 264 g/mol. The van der Waals surface area contributed by atoms with Gasteiger partial charge in [-0.3, -0.25) is 4.79 Å². The third-order valence-corrected chi connectivity index (χ3v) is 3.41. The summed E-state index contributed by atoms with van der Waals surface area (Å²) >= 11 is 0. The van der Waals surface area contributed by atoms with Gasteiger partial charge in [-0.25, -0.2) is 0 Å². The molecule has 4 nitrogen and oxygen atoms in total. The third-order valence-electron chi connectivity index (χ3n) is 3.41. The number of nitrogens with one attached hydrogen (secondary N) is 2. The Bertz CT molecular complexity index is 604. The molecule has 1 atom stereocenters. The Balaban J connectivity index is 1.76. The van der Waals surface area contributed by atoms with Gasteiger partial charge in [0.05, 0.1) is 6.04 Å². The Labute approximate surface area is 125 Å². The number of rotatable bonds is 6. The molecule has 1 aromatic carbocycles. The lowest BCUT2D eigenvalue weighted by molar-refractivity contribution is -0.116. The number of hydrogen-bond acceptors (Lipinski definition) is 3. The Morgan fingerprint density at radius 1 is 1.19 bits per heavy atom. The first-order valence-electron chi connectivity index (χ1n) is 7.21. The van der Waals surface area contributed by atoms with E-state index in [0.717, 1.165) is 22.8 Å². The molecule has 0 bridgehead atoms. The number of hydrogen-bond donors (Lipinski definition) is 2. The van der Waals surface area contributed by atoms with Gasteiger partial charge in [0, 0.05) is 18.7 Å². The Morgan fingerprint density at radius 2 is 1.95 bits per heavy atom. The van der Waals surface area contributed by atoms with Crippen molar-refractivity contribution in [2.24, 2.45) is 0 Å². The van der Waals surface area contributed by atoms with Crippen LogP contribution in [0.1, 0.15) is 36.5 Å². The molecule has 0 radical (unpaired) electrons. The Kier molecular flexibility index (Phi) is 5.17. The second-order valence-electron chi connectivity index (χ2n) is 5.24. The van der Waals surface area contributed by atoms with Crippen LogP contribution in [0.5, 0.6) is 0 Å². The lowest BCUT2D eigenvalue weighted by Gasteiger charge is -2.12. The van der Waals surface area contributed by atoms with E-state index < -0.39 is 0 Å². The molecule has 0 spiro atoms. The number of carbonyl (C=O) groups excluding carboxylic acids is 1. The standard InChI is InChI=1S/C17H22N2O2/c1-12-6-4-5-7-15(12)19-17(20)10-11-18-14(3)16-9-8-13(2)21-16/h4-9,14,18H,10-11H2,1-3H3,(H,19,20)/t14-/m0/s1. The van der Waals surface area contributed by atoms with E-state index in [1.54, 1.807) is 0 Å². The van der Waals surface area contributed by atoms with Crippen molar-refractivity contribution in [1.82, 2.24) is 5.32 Å². The van der Waals surface area contributed by atoms with Crippen molar-refractivity contribution in [2.75, 3.05) is 11.9 Å². The number of benzene rings is 1. The summed E-state index contributed by atoms with van der Waals surface area (Å²) in [4.78, 5) is 11.9. The first-order valence-corrected chi connectivity index (χ1v) is 7.21. The van der Waals surface area contributed by atoms with Gasteiger partial charge in [-0.05, 0) is 44.5 Å². The van der Waals surface area contributed by atoms with Crippen molar-refractivity contribution in [3.05, 3.63) is 53.5 Å². The van der Waals surface area contributed by atoms with Crippen LogP contribution in [0, 0.1) is 13.8 Å². The van der Waals surface area contributed by atoms with E-state index in [0.29, 0.717) is 13.0 Å². The van der Waals surface area contributed by atoms with Gasteiger partial charge < -0.3 is 15.1 Å². The van der Waals surface area contributed by atoms with E-state index in [1.165, 1.54) is 0 Å². The zero-order valence-corrected chi connectivity index (χ0v) is 12.8. The van der Waals surface area contributed by atoms with Gasteiger partial charge in [-0.1, -0.05) is 18.2 Å². The lowest BCUT2D eigenvalue weighted by atomic mass is 10.2. The molecule has 2 aromatic rings. The quantitative estimate of drug-likeness (QED) is 0.853. The van der Waals surface area contributed by atoms with Crippen LogP contribution < -0.4 is 10.6 Å². The lowest BCUT2D eigenvalue weighted by Crippen LogP contribution is -2.24. The van der Waals surface area contributed by atoms with E-state index in [4.69, 9.17) is 4.42 Å². The summed E-state index contributed by atoms with van der Waals surface area (Å²) in [6.45, 7) is 6.54. The topological polar surface area (TPSA) is 54.3 Å². The minimum Gasteiger partial charge on any atom is -0.465 e. The summed E-state index contributed by atoms with van der Waals surface area (Å²) in [6, 6.07) is 11.8. The molecule has 0 unspecified atom stereocenters. The van der Waals surface area contributed by atoms with E-state index in [9.17, 15) is 4.79 Å². The summed E-state index contributed by atoms with van der Waals surface area (Å²) < 4.78 is 5.55. The normalized spacial score (nSPS) is 12.1. The molecule has 21 heavy (non-hydrogen) atoms. The fraction of sp³-hybridized carbons (Fsp3) is 0.353. The highest BCUT2D eigenvalue weighted by atomic mass is 16.3. The number of furan rings is 1. The van der Waals surface area contributed by atoms with Gasteiger partial charge in [0.15, 0.2) is 0 Å². The average Bonchev–Trinajstić information content (AvgIpc) is 2.88. The maximum Gasteiger partial charge on any atom is 0.225 e. The predicted octanol–water partition coefficient (Wildman–Crippen LogP) is 3.58. The number of amides is 1. The minimum atomic E-state index is 0.0135. The summed E-state index contributed by atoms with van der Waals surface area (Å²) in [6.07, 6.45) is 0.429. The van der Waals surface area contributed by atoms with Crippen LogP contribution in [0.15, 0.2) is 40.8 Å². The fourth-order valence-corrected chi connectivity index (χ4v) is 2.11. The van der Waals surface area contributed by atoms with E-state index >= 15 is 0 Å². The molecule has 2 rings (SSSR count). The first-order chi connectivity index (χ1) is 10.1. The molecule has 0 saturated carbocycles. The molecule has 0 saturated heterocycles. The molecule has 1 aromatic heterocycles. The van der Waals surface area contributed by atoms with E-state index in [-0.39, 0.29) is 11.9 Å². The highest BCUT2D eigenvalue weighted by Crippen LogP contribution is 2.16. The highest BCUT2D eigenvalue weighted by molar-refractivity contribution is 5.91. The van der Waals surface area contributed by atoms with Crippen LogP contribution >= 0.6 is 0 Å². The fourth-order valence-electron chi connectivity index (χ4n) is 2.11. The zero-order chi connectivity index (χ0) is 15.2. The van der Waals surface area contributed by atoms with Crippen LogP contribution in [0.3, 0.4) is 0 Å². The molecule has 0 fully saturated rings. The van der Waals surface area contributed by atoms with Crippen LogP contribution in [0.2, 0.25) is 0 Å². The van der Waals surface area contributed by atoms with Gasteiger partial charge in [-0.15, -0.1) is 0 Å². The van der Waals surface area contributed by atoms with Crippen molar-refractivity contribution >= 4 is 11.6 Å². The van der Waals surface area contributed by atoms with Crippen molar-refractivity contribution in [2.45, 2.75) is 33.2 Å². The molecule has 1 amide bonds. The van der Waals surface area contributed by atoms with E-state index in [2.05, 4.69) is 10.6 Å². The second kappa shape index (κ2) is 7.09. The summed E-state index contributed by atoms with van der Waals surface area (Å²) in [5.41, 5.74) is 1.94. The van der Waals surface area contributed by atoms with Crippen molar-refractivity contribution in [3.8, 4) is 0 Å². The maximum atomic E-state index is 11.9. The predicted molar refractivity (Wildman–Crippen MR) is 84.3 cm³/mol. The Morgan fingerprint density at radius 3 is 2.62 bits per heavy atom. The average molecular weight is 286 g/mol. The summed E-state index contributed by atoms with van der Waals surface area (Å²) in [5.74, 6) is 1.81. The Hall–Kier alpha value is -2.07. The SMILES string of the molecule is Cc1ccc([C@H](C)NCCC(=O)Nc2ccccc2C)o1. The third kappa shape index (κ3) is 4.46. The van der Waals surface area contributed by atoms with Crippen LogP contribution in [0.25, 0.3) is 0 Å². The largest absolute Gasteiger partial charge is 0.465 e. The molecule has 0 aliphatic heterocycles. The molecule has 1 heterocycles. The molecule has 4 heteroatoms. The van der Waals surface area contributed by atoms with Crippen molar-refractivity contribution < 1.29 is 9.21 Å². The second-order valence-corrected chi connectivity index (χ2v) is 5.24. The van der Waals surface area contributed by atoms with Crippen LogP contribution in [0.4, 0.5) is 5.69 Å². The van der Waals surface area contributed by atoms with Crippen molar-refractivity contribution in [3.63, 3.8) is 0 Å². The molecular formula is C17H22N2O2. The van der Waals surface area contributed by atoms with Crippen LogP contribution in [-0.2, 0) is 4.79 Å². The molecule has 112 valence electrons. The van der Waals surface area contributed by atoms with Gasteiger partial charge in [0.1, 0.15) is 11.5 Å².